The maximum atomic E-state index is 12.7. The van der Waals surface area contributed by atoms with Gasteiger partial charge < -0.3 is 24.8 Å². The zero-order chi connectivity index (χ0) is 21.7. The largest absolute Gasteiger partial charge is 0.450 e. The highest BCUT2D eigenvalue weighted by atomic mass is 16.6. The minimum Gasteiger partial charge on any atom is -0.450 e. The van der Waals surface area contributed by atoms with Crippen molar-refractivity contribution >= 4 is 17.9 Å². The van der Waals surface area contributed by atoms with E-state index in [2.05, 4.69) is 29.0 Å². The molecule has 2 fully saturated rings. The second kappa shape index (κ2) is 9.95. The Bertz CT molecular complexity index is 740. The highest BCUT2D eigenvalue weighted by molar-refractivity contribution is 5.75. The van der Waals surface area contributed by atoms with Gasteiger partial charge in [-0.1, -0.05) is 13.8 Å². The molecule has 166 valence electrons. The predicted molar refractivity (Wildman–Crippen MR) is 115 cm³/mol. The van der Waals surface area contributed by atoms with Gasteiger partial charge in [-0.05, 0) is 26.7 Å². The van der Waals surface area contributed by atoms with Crippen LogP contribution in [0.3, 0.4) is 0 Å². The lowest BCUT2D eigenvalue weighted by Crippen LogP contribution is -2.55. The molecule has 3 rings (SSSR count). The number of aromatic nitrogens is 2. The van der Waals surface area contributed by atoms with Crippen LogP contribution in [0, 0.1) is 6.92 Å². The van der Waals surface area contributed by atoms with E-state index in [1.54, 1.807) is 11.8 Å². The third-order valence-corrected chi connectivity index (χ3v) is 5.61. The number of urea groups is 1. The summed E-state index contributed by atoms with van der Waals surface area (Å²) in [6, 6.07) is 2.09. The van der Waals surface area contributed by atoms with Gasteiger partial charge in [0.2, 0.25) is 0 Å². The molecular weight excluding hydrogens is 384 g/mol. The molecule has 3 amide bonds. The molecule has 9 heteroatoms. The van der Waals surface area contributed by atoms with Gasteiger partial charge in [0.25, 0.3) is 0 Å². The number of piperazine rings is 1. The van der Waals surface area contributed by atoms with E-state index < -0.39 is 0 Å². The molecular formula is C21H34N6O3. The number of likely N-dealkylation sites (tertiary alicyclic amines) is 1. The van der Waals surface area contributed by atoms with Crippen molar-refractivity contribution in [2.75, 3.05) is 50.8 Å². The molecule has 9 nitrogen and oxygen atoms in total. The first-order valence-corrected chi connectivity index (χ1v) is 10.9. The Labute approximate surface area is 178 Å². The Morgan fingerprint density at radius 1 is 1.10 bits per heavy atom. The van der Waals surface area contributed by atoms with Crippen LogP contribution < -0.4 is 10.2 Å². The van der Waals surface area contributed by atoms with Crippen molar-refractivity contribution in [2.45, 2.75) is 52.5 Å². The Morgan fingerprint density at radius 3 is 2.37 bits per heavy atom. The second-order valence-corrected chi connectivity index (χ2v) is 8.26. The van der Waals surface area contributed by atoms with Crippen molar-refractivity contribution in [3.8, 4) is 0 Å². The van der Waals surface area contributed by atoms with E-state index in [0.29, 0.717) is 32.8 Å². The summed E-state index contributed by atoms with van der Waals surface area (Å²) in [6.45, 7) is 12.4. The number of hydrogen-bond acceptors (Lipinski definition) is 6. The van der Waals surface area contributed by atoms with Crippen LogP contribution in [-0.2, 0) is 4.74 Å². The van der Waals surface area contributed by atoms with Gasteiger partial charge in [0.1, 0.15) is 11.6 Å². The highest BCUT2D eigenvalue weighted by Crippen LogP contribution is 2.19. The summed E-state index contributed by atoms with van der Waals surface area (Å²) in [5.74, 6) is 2.09. The van der Waals surface area contributed by atoms with Gasteiger partial charge in [-0.15, -0.1) is 0 Å². The summed E-state index contributed by atoms with van der Waals surface area (Å²) in [5.41, 5.74) is 0.970. The lowest BCUT2D eigenvalue weighted by Gasteiger charge is -2.37. The number of amides is 3. The number of rotatable bonds is 4. The monoisotopic (exact) mass is 418 g/mol. The lowest BCUT2D eigenvalue weighted by atomic mass is 10.1. The number of hydrogen-bond donors (Lipinski definition) is 1. The molecule has 0 unspecified atom stereocenters. The van der Waals surface area contributed by atoms with Gasteiger partial charge in [-0.25, -0.2) is 19.6 Å². The first-order valence-electron chi connectivity index (χ1n) is 10.9. The van der Waals surface area contributed by atoms with Crippen molar-refractivity contribution in [3.05, 3.63) is 17.6 Å². The molecule has 2 aliphatic heterocycles. The average Bonchev–Trinajstić information content (AvgIpc) is 2.74. The maximum Gasteiger partial charge on any atom is 0.409 e. The third kappa shape index (κ3) is 5.52. The van der Waals surface area contributed by atoms with E-state index in [9.17, 15) is 9.59 Å². The van der Waals surface area contributed by atoms with Crippen molar-refractivity contribution in [3.63, 3.8) is 0 Å². The van der Waals surface area contributed by atoms with Crippen LogP contribution in [0.25, 0.3) is 0 Å². The van der Waals surface area contributed by atoms with Gasteiger partial charge in [0, 0.05) is 63.0 Å². The fourth-order valence-corrected chi connectivity index (χ4v) is 3.82. The van der Waals surface area contributed by atoms with Crippen molar-refractivity contribution in [1.82, 2.24) is 25.1 Å². The van der Waals surface area contributed by atoms with Crippen molar-refractivity contribution in [1.29, 1.82) is 0 Å². The first kappa shape index (κ1) is 22.1. The van der Waals surface area contributed by atoms with Crippen molar-refractivity contribution in [2.24, 2.45) is 0 Å². The molecule has 0 radical (unpaired) electrons. The molecule has 3 heterocycles. The van der Waals surface area contributed by atoms with Crippen LogP contribution in [0.5, 0.6) is 0 Å². The van der Waals surface area contributed by atoms with Gasteiger partial charge in [-0.2, -0.15) is 0 Å². The van der Waals surface area contributed by atoms with Crippen LogP contribution in [0.4, 0.5) is 15.4 Å². The lowest BCUT2D eigenvalue weighted by molar-refractivity contribution is 0.0950. The third-order valence-electron chi connectivity index (χ3n) is 5.61. The average molecular weight is 419 g/mol. The summed E-state index contributed by atoms with van der Waals surface area (Å²) < 4.78 is 5.04. The Hall–Kier alpha value is -2.58. The second-order valence-electron chi connectivity index (χ2n) is 8.26. The zero-order valence-electron chi connectivity index (χ0n) is 18.6. The van der Waals surface area contributed by atoms with Crippen LogP contribution in [0.15, 0.2) is 6.07 Å². The minimum absolute atomic E-state index is 0.0222. The zero-order valence-corrected chi connectivity index (χ0v) is 18.6. The van der Waals surface area contributed by atoms with Crippen molar-refractivity contribution < 1.29 is 14.3 Å². The topological polar surface area (TPSA) is 90.9 Å². The summed E-state index contributed by atoms with van der Waals surface area (Å²) in [5, 5.41) is 3.13. The molecule has 0 atom stereocenters. The van der Waals surface area contributed by atoms with Gasteiger partial charge >= 0.3 is 12.1 Å². The van der Waals surface area contributed by atoms with E-state index in [1.165, 1.54) is 0 Å². The smallest absolute Gasteiger partial charge is 0.409 e. The molecule has 30 heavy (non-hydrogen) atoms. The van der Waals surface area contributed by atoms with Crippen LogP contribution in [0.2, 0.25) is 0 Å². The molecule has 0 bridgehead atoms. The van der Waals surface area contributed by atoms with E-state index in [-0.39, 0.29) is 24.1 Å². The number of anilines is 1. The van der Waals surface area contributed by atoms with E-state index in [0.717, 1.165) is 43.3 Å². The van der Waals surface area contributed by atoms with E-state index in [1.807, 2.05) is 17.9 Å². The number of ether oxygens (including phenoxy) is 1. The van der Waals surface area contributed by atoms with Crippen LogP contribution in [0.1, 0.15) is 51.0 Å². The Balaban J connectivity index is 1.46. The number of piperidine rings is 1. The Kier molecular flexibility index (Phi) is 7.33. The number of nitrogens with zero attached hydrogens (tertiary/aromatic N) is 5. The molecule has 0 saturated carbocycles. The normalized spacial score (nSPS) is 18.0. The summed E-state index contributed by atoms with van der Waals surface area (Å²) >= 11 is 0. The standard InChI is InChI=1S/C21H34N6O3/c1-5-30-21(29)27-8-6-17(7-9-27)23-20(28)26-12-10-25(11-13-26)18-14-16(4)22-19(24-18)15(2)3/h14-15,17H,5-13H2,1-4H3,(H,23,28). The molecule has 0 aromatic carbocycles. The number of carbonyl (C=O) groups excluding carboxylic acids is 2. The van der Waals surface area contributed by atoms with Gasteiger partial charge in [-0.3, -0.25) is 0 Å². The number of aryl methyl sites for hydroxylation is 1. The number of carbonyl (C=O) groups is 2. The molecule has 1 N–H and O–H groups in total. The van der Waals surface area contributed by atoms with E-state index in [4.69, 9.17) is 9.72 Å². The maximum absolute atomic E-state index is 12.7. The van der Waals surface area contributed by atoms with Crippen LogP contribution >= 0.6 is 0 Å². The molecule has 2 saturated heterocycles. The summed E-state index contributed by atoms with van der Waals surface area (Å²) in [7, 11) is 0. The first-order chi connectivity index (χ1) is 14.4. The summed E-state index contributed by atoms with van der Waals surface area (Å²) in [6.07, 6.45) is 1.24. The van der Waals surface area contributed by atoms with Gasteiger partial charge in [0.05, 0.1) is 6.61 Å². The molecule has 1 aromatic heterocycles. The molecule has 0 aliphatic carbocycles. The van der Waals surface area contributed by atoms with Crippen LogP contribution in [-0.4, -0.2) is 83.8 Å². The SMILES string of the molecule is CCOC(=O)N1CCC(NC(=O)N2CCN(c3cc(C)nc(C(C)C)n3)CC2)CC1. The molecule has 1 aromatic rings. The highest BCUT2D eigenvalue weighted by Gasteiger charge is 2.28. The fourth-order valence-electron chi connectivity index (χ4n) is 3.82. The predicted octanol–water partition coefficient (Wildman–Crippen LogP) is 2.36. The Morgan fingerprint density at radius 2 is 1.77 bits per heavy atom. The van der Waals surface area contributed by atoms with Gasteiger partial charge in [0.15, 0.2) is 0 Å². The minimum atomic E-state index is -0.265. The quantitative estimate of drug-likeness (QED) is 0.807. The molecule has 2 aliphatic rings. The molecule has 0 spiro atoms. The van der Waals surface area contributed by atoms with E-state index >= 15 is 0 Å². The fraction of sp³-hybridized carbons (Fsp3) is 0.714. The number of nitrogens with one attached hydrogen (secondary N) is 1. The summed E-state index contributed by atoms with van der Waals surface area (Å²) in [4.78, 5) is 39.5.